The molecule has 0 bridgehead atoms. The minimum Gasteiger partial charge on any atom is -0.480 e. The SMILES string of the molecule is CCN(CC(=O)O)C(=O)C(CC1CCCCC1)NC(=O)OCC1c2ccccc2-c2ccccc21. The molecule has 2 aliphatic rings. The van der Waals surface area contributed by atoms with E-state index < -0.39 is 18.1 Å². The Bertz CT molecular complexity index is 1020. The second kappa shape index (κ2) is 11.4. The summed E-state index contributed by atoms with van der Waals surface area (Å²) in [5.41, 5.74) is 4.54. The Hall–Kier alpha value is -3.35. The average Bonchev–Trinajstić information content (AvgIpc) is 3.19. The number of hydrogen-bond acceptors (Lipinski definition) is 4. The van der Waals surface area contributed by atoms with Crippen molar-refractivity contribution < 1.29 is 24.2 Å². The largest absolute Gasteiger partial charge is 0.480 e. The van der Waals surface area contributed by atoms with Gasteiger partial charge in [-0.3, -0.25) is 9.59 Å². The second-order valence-corrected chi connectivity index (χ2v) is 9.51. The normalized spacial score (nSPS) is 16.1. The van der Waals surface area contributed by atoms with Gasteiger partial charge in [-0.2, -0.15) is 0 Å². The van der Waals surface area contributed by atoms with Crippen LogP contribution in [0.1, 0.15) is 62.5 Å². The fraction of sp³-hybridized carbons (Fsp3) is 0.464. The van der Waals surface area contributed by atoms with Gasteiger partial charge in [0.05, 0.1) is 0 Å². The number of benzene rings is 2. The van der Waals surface area contributed by atoms with Crippen LogP contribution in [0, 0.1) is 5.92 Å². The van der Waals surface area contributed by atoms with Crippen molar-refractivity contribution in [3.63, 3.8) is 0 Å². The van der Waals surface area contributed by atoms with Crippen molar-refractivity contribution in [3.8, 4) is 11.1 Å². The van der Waals surface area contributed by atoms with Gasteiger partial charge in [-0.15, -0.1) is 0 Å². The number of nitrogens with zero attached hydrogens (tertiary/aromatic N) is 1. The van der Waals surface area contributed by atoms with E-state index in [0.717, 1.165) is 47.9 Å². The molecule has 4 rings (SSSR count). The van der Waals surface area contributed by atoms with Crippen LogP contribution in [-0.2, 0) is 14.3 Å². The van der Waals surface area contributed by atoms with Crippen LogP contribution < -0.4 is 5.32 Å². The fourth-order valence-electron chi connectivity index (χ4n) is 5.49. The van der Waals surface area contributed by atoms with Crippen LogP contribution in [0.25, 0.3) is 11.1 Å². The predicted octanol–water partition coefficient (Wildman–Crippen LogP) is 4.80. The fourth-order valence-corrected chi connectivity index (χ4v) is 5.49. The molecule has 1 atom stereocenters. The summed E-state index contributed by atoms with van der Waals surface area (Å²) in [4.78, 5) is 38.6. The van der Waals surface area contributed by atoms with Gasteiger partial charge < -0.3 is 20.1 Å². The zero-order valence-electron chi connectivity index (χ0n) is 20.2. The van der Waals surface area contributed by atoms with E-state index in [4.69, 9.17) is 4.74 Å². The van der Waals surface area contributed by atoms with Crippen molar-refractivity contribution in [1.82, 2.24) is 10.2 Å². The molecular formula is C28H34N2O5. The van der Waals surface area contributed by atoms with Gasteiger partial charge in [0.2, 0.25) is 5.91 Å². The maximum Gasteiger partial charge on any atom is 0.407 e. The van der Waals surface area contributed by atoms with Crippen LogP contribution in [-0.4, -0.2) is 53.7 Å². The second-order valence-electron chi connectivity index (χ2n) is 9.51. The molecule has 0 radical (unpaired) electrons. The lowest BCUT2D eigenvalue weighted by molar-refractivity contribution is -0.145. The third-order valence-electron chi connectivity index (χ3n) is 7.25. The van der Waals surface area contributed by atoms with Gasteiger partial charge in [0.1, 0.15) is 19.2 Å². The molecule has 2 N–H and O–H groups in total. The minimum absolute atomic E-state index is 0.0696. The van der Waals surface area contributed by atoms with E-state index in [1.165, 1.54) is 11.3 Å². The molecule has 7 heteroatoms. The van der Waals surface area contributed by atoms with Gasteiger partial charge in [0, 0.05) is 12.5 Å². The summed E-state index contributed by atoms with van der Waals surface area (Å²) >= 11 is 0. The Morgan fingerprint density at radius 2 is 1.60 bits per heavy atom. The quantitative estimate of drug-likeness (QED) is 0.540. The summed E-state index contributed by atoms with van der Waals surface area (Å²) < 4.78 is 5.67. The third kappa shape index (κ3) is 5.84. The molecule has 1 unspecified atom stereocenters. The van der Waals surface area contributed by atoms with E-state index in [0.29, 0.717) is 12.3 Å². The number of alkyl carbamates (subject to hydrolysis) is 1. The standard InChI is InChI=1S/C28H34N2O5/c1-2-30(17-26(31)32)27(33)25(16-19-10-4-3-5-11-19)29-28(34)35-18-24-22-14-8-6-12-20(22)21-13-7-9-15-23(21)24/h6-9,12-15,19,24-25H,2-5,10-11,16-18H2,1H3,(H,29,34)(H,31,32). The first-order valence-corrected chi connectivity index (χ1v) is 12.6. The number of nitrogens with one attached hydrogen (secondary N) is 1. The number of rotatable bonds is 9. The molecule has 0 spiro atoms. The molecule has 0 aromatic heterocycles. The van der Waals surface area contributed by atoms with E-state index in [1.54, 1.807) is 6.92 Å². The number of carbonyl (C=O) groups excluding carboxylic acids is 2. The first-order chi connectivity index (χ1) is 17.0. The third-order valence-corrected chi connectivity index (χ3v) is 7.25. The van der Waals surface area contributed by atoms with Crippen molar-refractivity contribution in [1.29, 1.82) is 0 Å². The summed E-state index contributed by atoms with van der Waals surface area (Å²) in [6.07, 6.45) is 5.30. The number of ether oxygens (including phenoxy) is 1. The number of aliphatic carboxylic acids is 1. The maximum absolute atomic E-state index is 13.2. The Balaban J connectivity index is 1.44. The summed E-state index contributed by atoms with van der Waals surface area (Å²) in [6.45, 7) is 1.78. The highest BCUT2D eigenvalue weighted by atomic mass is 16.5. The highest BCUT2D eigenvalue weighted by Crippen LogP contribution is 2.44. The number of amides is 2. The van der Waals surface area contributed by atoms with E-state index in [-0.39, 0.29) is 31.5 Å². The number of carboxylic acids is 1. The smallest absolute Gasteiger partial charge is 0.407 e. The minimum atomic E-state index is -1.07. The molecule has 0 saturated heterocycles. The van der Waals surface area contributed by atoms with Crippen LogP contribution in [0.3, 0.4) is 0 Å². The Labute approximate surface area is 206 Å². The monoisotopic (exact) mass is 478 g/mol. The predicted molar refractivity (Wildman–Crippen MR) is 133 cm³/mol. The molecule has 2 amide bonds. The van der Waals surface area contributed by atoms with Crippen molar-refractivity contribution in [3.05, 3.63) is 59.7 Å². The Kier molecular flexibility index (Phi) is 8.06. The topological polar surface area (TPSA) is 95.9 Å². The van der Waals surface area contributed by atoms with E-state index in [1.807, 2.05) is 24.3 Å². The average molecular weight is 479 g/mol. The van der Waals surface area contributed by atoms with Crippen molar-refractivity contribution in [2.75, 3.05) is 19.7 Å². The van der Waals surface area contributed by atoms with Crippen molar-refractivity contribution in [2.24, 2.45) is 5.92 Å². The van der Waals surface area contributed by atoms with Crippen LogP contribution in [0.4, 0.5) is 4.79 Å². The molecular weight excluding hydrogens is 444 g/mol. The van der Waals surface area contributed by atoms with E-state index in [2.05, 4.69) is 29.6 Å². The van der Waals surface area contributed by atoms with Crippen molar-refractivity contribution in [2.45, 2.75) is 57.4 Å². The van der Waals surface area contributed by atoms with Gasteiger partial charge in [-0.1, -0.05) is 80.6 Å². The maximum atomic E-state index is 13.2. The van der Waals surface area contributed by atoms with Crippen LogP contribution >= 0.6 is 0 Å². The van der Waals surface area contributed by atoms with Gasteiger partial charge in [-0.05, 0) is 41.5 Å². The number of likely N-dealkylation sites (N-methyl/N-ethyl adjacent to an activating group) is 1. The molecule has 1 saturated carbocycles. The van der Waals surface area contributed by atoms with E-state index in [9.17, 15) is 19.5 Å². The molecule has 2 aliphatic carbocycles. The molecule has 35 heavy (non-hydrogen) atoms. The highest BCUT2D eigenvalue weighted by molar-refractivity contribution is 5.88. The molecule has 7 nitrogen and oxygen atoms in total. The van der Waals surface area contributed by atoms with Crippen LogP contribution in [0.2, 0.25) is 0 Å². The van der Waals surface area contributed by atoms with Crippen LogP contribution in [0.15, 0.2) is 48.5 Å². The highest BCUT2D eigenvalue weighted by Gasteiger charge is 2.32. The van der Waals surface area contributed by atoms with Crippen molar-refractivity contribution >= 4 is 18.0 Å². The summed E-state index contributed by atoms with van der Waals surface area (Å²) in [5, 5.41) is 12.0. The van der Waals surface area contributed by atoms with E-state index >= 15 is 0 Å². The molecule has 186 valence electrons. The van der Waals surface area contributed by atoms with Gasteiger partial charge >= 0.3 is 12.1 Å². The lowest BCUT2D eigenvalue weighted by Crippen LogP contribution is -2.51. The van der Waals surface area contributed by atoms with Gasteiger partial charge in [-0.25, -0.2) is 4.79 Å². The first-order valence-electron chi connectivity index (χ1n) is 12.6. The molecule has 2 aromatic rings. The number of hydrogen-bond donors (Lipinski definition) is 2. The Morgan fingerprint density at radius 1 is 1.00 bits per heavy atom. The lowest BCUT2D eigenvalue weighted by Gasteiger charge is -2.30. The zero-order chi connectivity index (χ0) is 24.8. The molecule has 0 aliphatic heterocycles. The summed E-state index contributed by atoms with van der Waals surface area (Å²) in [6, 6.07) is 15.4. The number of carbonyl (C=O) groups is 3. The summed E-state index contributed by atoms with van der Waals surface area (Å²) in [7, 11) is 0. The van der Waals surface area contributed by atoms with Crippen LogP contribution in [0.5, 0.6) is 0 Å². The molecule has 2 aromatic carbocycles. The van der Waals surface area contributed by atoms with Gasteiger partial charge in [0.15, 0.2) is 0 Å². The first kappa shape index (κ1) is 24.8. The zero-order valence-corrected chi connectivity index (χ0v) is 20.2. The van der Waals surface area contributed by atoms with Gasteiger partial charge in [0.25, 0.3) is 0 Å². The lowest BCUT2D eigenvalue weighted by atomic mass is 9.84. The molecule has 0 heterocycles. The number of fused-ring (bicyclic) bond motifs is 3. The molecule has 1 fully saturated rings. The Morgan fingerprint density at radius 3 is 2.17 bits per heavy atom. The summed E-state index contributed by atoms with van der Waals surface area (Å²) in [5.74, 6) is -1.18. The number of carboxylic acid groups (broad SMARTS) is 1.